The maximum absolute atomic E-state index is 14.9. The zero-order valence-corrected chi connectivity index (χ0v) is 15.2. The molecule has 29 heavy (non-hydrogen) atoms. The first-order chi connectivity index (χ1) is 13.8. The second-order valence-electron chi connectivity index (χ2n) is 6.90. The van der Waals surface area contributed by atoms with Crippen molar-refractivity contribution in [2.75, 3.05) is 0 Å². The SMILES string of the molecule is Oc1ccc(C(c2ccc(O)cc2)(c2ccc3ccccc3c2)C(F)(F)F)cc1. The Morgan fingerprint density at radius 1 is 0.517 bits per heavy atom. The third-order valence-corrected chi connectivity index (χ3v) is 5.21. The number of benzene rings is 4. The van der Waals surface area contributed by atoms with Crippen LogP contribution in [-0.2, 0) is 5.41 Å². The minimum absolute atomic E-state index is 0.0243. The summed E-state index contributed by atoms with van der Waals surface area (Å²) in [6.45, 7) is 0. The van der Waals surface area contributed by atoms with Crippen LogP contribution in [0.5, 0.6) is 11.5 Å². The standard InChI is InChI=1S/C24H17F3O2/c25-24(26,27)23(18-7-11-21(28)12-8-18,19-9-13-22(29)14-10-19)20-6-5-16-3-1-2-4-17(16)15-20/h1-15,28-29H. The molecule has 0 amide bonds. The quantitative estimate of drug-likeness (QED) is 0.409. The highest BCUT2D eigenvalue weighted by molar-refractivity contribution is 5.84. The van der Waals surface area contributed by atoms with Crippen LogP contribution in [0, 0.1) is 0 Å². The van der Waals surface area contributed by atoms with Gasteiger partial charge in [0.25, 0.3) is 0 Å². The average molecular weight is 394 g/mol. The largest absolute Gasteiger partial charge is 0.508 e. The lowest BCUT2D eigenvalue weighted by molar-refractivity contribution is -0.166. The van der Waals surface area contributed by atoms with E-state index in [1.807, 2.05) is 12.1 Å². The van der Waals surface area contributed by atoms with Gasteiger partial charge in [-0.2, -0.15) is 13.2 Å². The van der Waals surface area contributed by atoms with Crippen molar-refractivity contribution in [1.82, 2.24) is 0 Å². The van der Waals surface area contributed by atoms with E-state index in [4.69, 9.17) is 0 Å². The van der Waals surface area contributed by atoms with Crippen molar-refractivity contribution in [3.8, 4) is 11.5 Å². The van der Waals surface area contributed by atoms with Crippen LogP contribution < -0.4 is 0 Å². The van der Waals surface area contributed by atoms with Gasteiger partial charge in [0.2, 0.25) is 0 Å². The summed E-state index contributed by atoms with van der Waals surface area (Å²) in [6.07, 6.45) is -4.69. The van der Waals surface area contributed by atoms with Gasteiger partial charge in [0.1, 0.15) is 16.9 Å². The van der Waals surface area contributed by atoms with Crippen molar-refractivity contribution < 1.29 is 23.4 Å². The molecule has 0 fully saturated rings. The van der Waals surface area contributed by atoms with E-state index in [1.54, 1.807) is 24.3 Å². The van der Waals surface area contributed by atoms with Gasteiger partial charge >= 0.3 is 6.18 Å². The van der Waals surface area contributed by atoms with Gasteiger partial charge in [0.05, 0.1) is 0 Å². The molecular formula is C24H17F3O2. The van der Waals surface area contributed by atoms with Crippen LogP contribution in [0.1, 0.15) is 16.7 Å². The predicted molar refractivity (Wildman–Crippen MR) is 106 cm³/mol. The molecule has 0 unspecified atom stereocenters. The van der Waals surface area contributed by atoms with Crippen LogP contribution in [-0.4, -0.2) is 16.4 Å². The minimum Gasteiger partial charge on any atom is -0.508 e. The summed E-state index contributed by atoms with van der Waals surface area (Å²) in [5.41, 5.74) is -2.47. The smallest absolute Gasteiger partial charge is 0.406 e. The lowest BCUT2D eigenvalue weighted by atomic mass is 9.68. The number of fused-ring (bicyclic) bond motifs is 1. The predicted octanol–water partition coefficient (Wildman–Crippen LogP) is 6.15. The first-order valence-electron chi connectivity index (χ1n) is 8.97. The third kappa shape index (κ3) is 3.09. The average Bonchev–Trinajstić information content (AvgIpc) is 2.70. The lowest BCUT2D eigenvalue weighted by Crippen LogP contribution is -2.44. The Morgan fingerprint density at radius 2 is 0.966 bits per heavy atom. The minimum atomic E-state index is -4.69. The van der Waals surface area contributed by atoms with E-state index in [0.717, 1.165) is 5.39 Å². The molecule has 0 aliphatic carbocycles. The second-order valence-corrected chi connectivity index (χ2v) is 6.90. The Morgan fingerprint density at radius 3 is 1.45 bits per heavy atom. The summed E-state index contributed by atoms with van der Waals surface area (Å²) >= 11 is 0. The summed E-state index contributed by atoms with van der Waals surface area (Å²) in [4.78, 5) is 0. The zero-order valence-electron chi connectivity index (χ0n) is 15.2. The molecule has 4 aromatic rings. The Labute approximate surface area is 165 Å². The van der Waals surface area contributed by atoms with Gasteiger partial charge in [-0.05, 0) is 57.8 Å². The molecule has 0 radical (unpaired) electrons. The maximum atomic E-state index is 14.9. The second kappa shape index (κ2) is 6.85. The normalized spacial score (nSPS) is 12.2. The first-order valence-corrected chi connectivity index (χ1v) is 8.97. The van der Waals surface area contributed by atoms with Gasteiger partial charge in [-0.25, -0.2) is 0 Å². The van der Waals surface area contributed by atoms with Gasteiger partial charge in [-0.15, -0.1) is 0 Å². The molecule has 0 saturated carbocycles. The molecule has 146 valence electrons. The molecule has 0 bridgehead atoms. The highest BCUT2D eigenvalue weighted by Gasteiger charge is 2.58. The Bertz CT molecular complexity index is 1100. The van der Waals surface area contributed by atoms with Gasteiger partial charge in [0, 0.05) is 0 Å². The summed E-state index contributed by atoms with van der Waals surface area (Å²) in [7, 11) is 0. The summed E-state index contributed by atoms with van der Waals surface area (Å²) in [5, 5.41) is 20.8. The molecule has 4 aromatic carbocycles. The number of hydrogen-bond acceptors (Lipinski definition) is 2. The van der Waals surface area contributed by atoms with E-state index >= 15 is 0 Å². The third-order valence-electron chi connectivity index (χ3n) is 5.21. The molecule has 0 spiro atoms. The van der Waals surface area contributed by atoms with E-state index in [2.05, 4.69) is 0 Å². The number of aromatic hydroxyl groups is 2. The monoisotopic (exact) mass is 394 g/mol. The number of phenols is 2. The molecule has 0 aliphatic heterocycles. The van der Waals surface area contributed by atoms with Crippen molar-refractivity contribution in [2.24, 2.45) is 0 Å². The topological polar surface area (TPSA) is 40.5 Å². The van der Waals surface area contributed by atoms with Crippen molar-refractivity contribution >= 4 is 10.8 Å². The van der Waals surface area contributed by atoms with Crippen molar-refractivity contribution in [3.05, 3.63) is 108 Å². The van der Waals surface area contributed by atoms with Crippen molar-refractivity contribution in [1.29, 1.82) is 0 Å². The Kier molecular flexibility index (Phi) is 4.46. The molecule has 5 heteroatoms. The number of halogens is 3. The molecule has 2 N–H and O–H groups in total. The van der Waals surface area contributed by atoms with Crippen LogP contribution in [0.15, 0.2) is 91.0 Å². The van der Waals surface area contributed by atoms with Crippen molar-refractivity contribution in [2.45, 2.75) is 11.6 Å². The van der Waals surface area contributed by atoms with Crippen LogP contribution in [0.25, 0.3) is 10.8 Å². The highest BCUT2D eigenvalue weighted by atomic mass is 19.4. The maximum Gasteiger partial charge on any atom is 0.406 e. The fraction of sp³-hybridized carbons (Fsp3) is 0.0833. The van der Waals surface area contributed by atoms with Crippen LogP contribution >= 0.6 is 0 Å². The first kappa shape index (κ1) is 18.9. The van der Waals surface area contributed by atoms with E-state index in [9.17, 15) is 23.4 Å². The Balaban J connectivity index is 2.10. The molecule has 0 aliphatic rings. The van der Waals surface area contributed by atoms with Crippen LogP contribution in [0.2, 0.25) is 0 Å². The number of hydrogen-bond donors (Lipinski definition) is 2. The number of rotatable bonds is 3. The molecule has 0 atom stereocenters. The molecule has 2 nitrogen and oxygen atoms in total. The lowest BCUT2D eigenvalue weighted by Gasteiger charge is -2.37. The van der Waals surface area contributed by atoms with Gasteiger partial charge in [0.15, 0.2) is 0 Å². The highest BCUT2D eigenvalue weighted by Crippen LogP contribution is 2.52. The molecule has 0 saturated heterocycles. The number of alkyl halides is 3. The summed E-state index contributed by atoms with van der Waals surface area (Å²) in [6, 6.07) is 22.0. The molecule has 4 rings (SSSR count). The van der Waals surface area contributed by atoms with E-state index in [1.165, 1.54) is 54.6 Å². The van der Waals surface area contributed by atoms with Crippen LogP contribution in [0.3, 0.4) is 0 Å². The van der Waals surface area contributed by atoms with Gasteiger partial charge in [-0.1, -0.05) is 60.7 Å². The molecular weight excluding hydrogens is 377 g/mol. The van der Waals surface area contributed by atoms with Crippen molar-refractivity contribution in [3.63, 3.8) is 0 Å². The molecule has 0 aromatic heterocycles. The van der Waals surface area contributed by atoms with E-state index < -0.39 is 11.6 Å². The van der Waals surface area contributed by atoms with Crippen LogP contribution in [0.4, 0.5) is 13.2 Å². The zero-order chi connectivity index (χ0) is 20.6. The van der Waals surface area contributed by atoms with E-state index in [0.29, 0.717) is 5.39 Å². The molecule has 0 heterocycles. The Hall–Kier alpha value is -3.47. The number of phenolic OH excluding ortho intramolecular Hbond substituents is 2. The summed E-state index contributed by atoms with van der Waals surface area (Å²) < 4.78 is 44.7. The fourth-order valence-corrected chi connectivity index (χ4v) is 3.84. The van der Waals surface area contributed by atoms with Gasteiger partial charge in [-0.3, -0.25) is 0 Å². The summed E-state index contributed by atoms with van der Waals surface area (Å²) in [5.74, 6) is -0.233. The van der Waals surface area contributed by atoms with Gasteiger partial charge < -0.3 is 10.2 Å². The van der Waals surface area contributed by atoms with E-state index in [-0.39, 0.29) is 28.2 Å². The fourth-order valence-electron chi connectivity index (χ4n) is 3.84.